The molecule has 3 rings (SSSR count). The second-order valence-electron chi connectivity index (χ2n) is 6.60. The normalized spacial score (nSPS) is 13.7. The van der Waals surface area contributed by atoms with Gasteiger partial charge >= 0.3 is 0 Å². The molecular weight excluding hydrogens is 312 g/mol. The highest BCUT2D eigenvalue weighted by atomic mass is 16.5. The number of aromatic amines is 1. The third-order valence-electron chi connectivity index (χ3n) is 4.43. The Morgan fingerprint density at radius 3 is 2.72 bits per heavy atom. The average Bonchev–Trinajstić information content (AvgIpc) is 3.02. The molecule has 0 aliphatic rings. The minimum Gasteiger partial charge on any atom is -0.491 e. The van der Waals surface area contributed by atoms with Gasteiger partial charge in [0, 0.05) is 29.7 Å². The highest BCUT2D eigenvalue weighted by molar-refractivity contribution is 5.83. The molecule has 0 aliphatic heterocycles. The minimum atomic E-state index is -0.537. The zero-order valence-electron chi connectivity index (χ0n) is 14.8. The molecule has 4 nitrogen and oxygen atoms in total. The minimum absolute atomic E-state index is 0.271. The Morgan fingerprint density at radius 1 is 1.12 bits per heavy atom. The molecule has 2 aromatic carbocycles. The van der Waals surface area contributed by atoms with Crippen molar-refractivity contribution in [1.29, 1.82) is 0 Å². The van der Waals surface area contributed by atoms with E-state index in [4.69, 9.17) is 4.74 Å². The number of rotatable bonds is 8. The maximum Gasteiger partial charge on any atom is 0.122 e. The highest BCUT2D eigenvalue weighted by Gasteiger charge is 2.11. The van der Waals surface area contributed by atoms with Crippen molar-refractivity contribution >= 4 is 10.9 Å². The molecule has 0 aliphatic carbocycles. The second kappa shape index (κ2) is 8.19. The number of hydrogen-bond acceptors (Lipinski definition) is 3. The quantitative estimate of drug-likeness (QED) is 0.590. The van der Waals surface area contributed by atoms with Gasteiger partial charge in [0.1, 0.15) is 18.5 Å². The molecule has 0 fully saturated rings. The molecule has 2 atom stereocenters. The van der Waals surface area contributed by atoms with Crippen molar-refractivity contribution in [2.75, 3.05) is 13.2 Å². The van der Waals surface area contributed by atoms with E-state index in [0.29, 0.717) is 6.54 Å². The summed E-state index contributed by atoms with van der Waals surface area (Å²) < 4.78 is 5.70. The van der Waals surface area contributed by atoms with Crippen molar-refractivity contribution < 1.29 is 9.84 Å². The van der Waals surface area contributed by atoms with Crippen LogP contribution < -0.4 is 10.1 Å². The molecule has 1 aromatic heterocycles. The number of aryl methyl sites for hydroxylation is 1. The summed E-state index contributed by atoms with van der Waals surface area (Å²) in [7, 11) is 0. The number of para-hydroxylation sites is 2. The van der Waals surface area contributed by atoms with Crippen molar-refractivity contribution in [3.63, 3.8) is 0 Å². The second-order valence-corrected chi connectivity index (χ2v) is 6.60. The van der Waals surface area contributed by atoms with Crippen LogP contribution in [0, 0.1) is 6.92 Å². The fraction of sp³-hybridized carbons (Fsp3) is 0.333. The third kappa shape index (κ3) is 4.62. The van der Waals surface area contributed by atoms with Gasteiger partial charge in [0.05, 0.1) is 0 Å². The fourth-order valence-corrected chi connectivity index (χ4v) is 3.00. The van der Waals surface area contributed by atoms with Crippen molar-refractivity contribution in [3.8, 4) is 5.75 Å². The van der Waals surface area contributed by atoms with E-state index in [0.717, 1.165) is 23.3 Å². The summed E-state index contributed by atoms with van der Waals surface area (Å²) in [6.07, 6.45) is 2.45. The van der Waals surface area contributed by atoms with Crippen molar-refractivity contribution in [2.45, 2.75) is 32.4 Å². The Kier molecular flexibility index (Phi) is 5.74. The highest BCUT2D eigenvalue weighted by Crippen LogP contribution is 2.19. The number of aromatic nitrogens is 1. The number of aliphatic hydroxyl groups excluding tert-OH is 1. The molecule has 25 heavy (non-hydrogen) atoms. The van der Waals surface area contributed by atoms with E-state index in [9.17, 15) is 5.11 Å². The van der Waals surface area contributed by atoms with Gasteiger partial charge in [-0.2, -0.15) is 0 Å². The number of aliphatic hydroxyl groups is 1. The van der Waals surface area contributed by atoms with Gasteiger partial charge in [-0.3, -0.25) is 0 Å². The van der Waals surface area contributed by atoms with E-state index in [1.165, 1.54) is 10.9 Å². The maximum absolute atomic E-state index is 10.2. The number of hydrogen-bond donors (Lipinski definition) is 3. The van der Waals surface area contributed by atoms with Gasteiger partial charge in [-0.15, -0.1) is 0 Å². The Labute approximate surface area is 148 Å². The van der Waals surface area contributed by atoms with Crippen LogP contribution in [0.15, 0.2) is 54.7 Å². The molecule has 0 spiro atoms. The number of H-pyrrole nitrogens is 1. The molecule has 0 saturated carbocycles. The summed E-state index contributed by atoms with van der Waals surface area (Å²) in [6.45, 7) is 4.94. The Hall–Kier alpha value is -2.30. The standard InChI is InChI=1S/C21H26N2O2/c1-15-7-3-6-10-21(15)25-14-18(24)13-22-16(2)11-17-12-23-20-9-5-4-8-19(17)20/h3-10,12,16,18,22-24H,11,13-14H2,1-2H3/t16?,18-/m0/s1. The third-order valence-corrected chi connectivity index (χ3v) is 4.43. The lowest BCUT2D eigenvalue weighted by atomic mass is 10.1. The van der Waals surface area contributed by atoms with Gasteiger partial charge < -0.3 is 20.1 Å². The number of ether oxygens (including phenoxy) is 1. The van der Waals surface area contributed by atoms with Crippen LogP contribution in [-0.4, -0.2) is 35.4 Å². The first-order valence-corrected chi connectivity index (χ1v) is 8.78. The number of nitrogens with one attached hydrogen (secondary N) is 2. The molecule has 3 aromatic rings. The SMILES string of the molecule is Cc1ccccc1OC[C@@H](O)CNC(C)Cc1c[nH]c2ccccc12. The molecule has 132 valence electrons. The lowest BCUT2D eigenvalue weighted by molar-refractivity contribution is 0.104. The van der Waals surface area contributed by atoms with Gasteiger partial charge in [0.2, 0.25) is 0 Å². The molecule has 0 bridgehead atoms. The summed E-state index contributed by atoms with van der Waals surface area (Å²) in [5, 5.41) is 14.8. The van der Waals surface area contributed by atoms with E-state index in [1.807, 2.05) is 37.3 Å². The number of benzene rings is 2. The van der Waals surface area contributed by atoms with Crippen LogP contribution in [0.1, 0.15) is 18.1 Å². The zero-order valence-corrected chi connectivity index (χ0v) is 14.8. The Morgan fingerprint density at radius 2 is 1.88 bits per heavy atom. The molecular formula is C21H26N2O2. The zero-order chi connectivity index (χ0) is 17.6. The Balaban J connectivity index is 1.45. The van der Waals surface area contributed by atoms with Crippen molar-refractivity contribution in [1.82, 2.24) is 10.3 Å². The summed E-state index contributed by atoms with van der Waals surface area (Å²) >= 11 is 0. The molecule has 0 radical (unpaired) electrons. The van der Waals surface area contributed by atoms with Crippen LogP contribution in [-0.2, 0) is 6.42 Å². The van der Waals surface area contributed by atoms with Crippen LogP contribution in [0.5, 0.6) is 5.75 Å². The van der Waals surface area contributed by atoms with Gasteiger partial charge in [-0.05, 0) is 43.5 Å². The molecule has 0 saturated heterocycles. The largest absolute Gasteiger partial charge is 0.491 e. The predicted octanol–water partition coefficient (Wildman–Crippen LogP) is 3.44. The summed E-state index contributed by atoms with van der Waals surface area (Å²) in [5.41, 5.74) is 3.54. The van der Waals surface area contributed by atoms with Crippen LogP contribution >= 0.6 is 0 Å². The first-order chi connectivity index (χ1) is 12.1. The summed E-state index contributed by atoms with van der Waals surface area (Å²) in [4.78, 5) is 3.30. The molecule has 1 unspecified atom stereocenters. The van der Waals surface area contributed by atoms with Crippen LogP contribution in [0.2, 0.25) is 0 Å². The van der Waals surface area contributed by atoms with Crippen LogP contribution in [0.4, 0.5) is 0 Å². The van der Waals surface area contributed by atoms with Crippen LogP contribution in [0.25, 0.3) is 10.9 Å². The monoisotopic (exact) mass is 338 g/mol. The number of fused-ring (bicyclic) bond motifs is 1. The smallest absolute Gasteiger partial charge is 0.122 e. The first-order valence-electron chi connectivity index (χ1n) is 8.78. The molecule has 0 amide bonds. The predicted molar refractivity (Wildman–Crippen MR) is 102 cm³/mol. The lowest BCUT2D eigenvalue weighted by Gasteiger charge is -2.18. The fourth-order valence-electron chi connectivity index (χ4n) is 3.00. The maximum atomic E-state index is 10.2. The summed E-state index contributed by atoms with van der Waals surface area (Å²) in [5.74, 6) is 0.827. The average molecular weight is 338 g/mol. The van der Waals surface area contributed by atoms with Gasteiger partial charge in [0.15, 0.2) is 0 Å². The molecule has 4 heteroatoms. The van der Waals surface area contributed by atoms with E-state index < -0.39 is 6.10 Å². The van der Waals surface area contributed by atoms with Crippen molar-refractivity contribution in [3.05, 3.63) is 65.9 Å². The first kappa shape index (κ1) is 17.5. The van der Waals surface area contributed by atoms with E-state index in [1.54, 1.807) is 0 Å². The van der Waals surface area contributed by atoms with Gasteiger partial charge in [-0.1, -0.05) is 36.4 Å². The van der Waals surface area contributed by atoms with Gasteiger partial charge in [0.25, 0.3) is 0 Å². The van der Waals surface area contributed by atoms with Crippen molar-refractivity contribution in [2.24, 2.45) is 0 Å². The van der Waals surface area contributed by atoms with E-state index >= 15 is 0 Å². The van der Waals surface area contributed by atoms with E-state index in [-0.39, 0.29) is 12.6 Å². The van der Waals surface area contributed by atoms with Crippen LogP contribution in [0.3, 0.4) is 0 Å². The topological polar surface area (TPSA) is 57.3 Å². The Bertz CT molecular complexity index is 812. The summed E-state index contributed by atoms with van der Waals surface area (Å²) in [6, 6.07) is 16.4. The molecule has 3 N–H and O–H groups in total. The molecule has 1 heterocycles. The van der Waals surface area contributed by atoms with Gasteiger partial charge in [-0.25, -0.2) is 0 Å². The van der Waals surface area contributed by atoms with E-state index in [2.05, 4.69) is 41.6 Å². The lowest BCUT2D eigenvalue weighted by Crippen LogP contribution is -2.37.